The quantitative estimate of drug-likeness (QED) is 0.401. The van der Waals surface area contributed by atoms with Crippen molar-refractivity contribution in [1.82, 2.24) is 9.55 Å². The van der Waals surface area contributed by atoms with Gasteiger partial charge in [0.15, 0.2) is 5.69 Å². The molecule has 29 heavy (non-hydrogen) atoms. The van der Waals surface area contributed by atoms with E-state index in [1.54, 1.807) is 16.7 Å². The van der Waals surface area contributed by atoms with E-state index in [1.807, 2.05) is 49.4 Å². The first kappa shape index (κ1) is 19.0. The molecule has 0 atom stereocenters. The third kappa shape index (κ3) is 3.95. The van der Waals surface area contributed by atoms with Gasteiger partial charge in [0.2, 0.25) is 5.88 Å². The molecule has 2 heterocycles. The Bertz CT molecular complexity index is 1220. The van der Waals surface area contributed by atoms with Crippen LogP contribution in [0.25, 0.3) is 10.9 Å². The average molecular weight is 449 g/mol. The lowest BCUT2D eigenvalue weighted by molar-refractivity contribution is 0.0995. The number of aromatic nitrogens is 2. The van der Waals surface area contributed by atoms with Crippen molar-refractivity contribution in [2.75, 3.05) is 0 Å². The molecule has 0 spiro atoms. The molecule has 4 rings (SSSR count). The van der Waals surface area contributed by atoms with Crippen LogP contribution in [-0.2, 0) is 6.54 Å². The van der Waals surface area contributed by atoms with Gasteiger partial charge in [-0.25, -0.2) is 0 Å². The summed E-state index contributed by atoms with van der Waals surface area (Å²) in [5, 5.41) is 19.5. The maximum atomic E-state index is 12.3. The van der Waals surface area contributed by atoms with Crippen molar-refractivity contribution < 1.29 is 9.90 Å². The monoisotopic (exact) mass is 448 g/mol. The van der Waals surface area contributed by atoms with E-state index in [2.05, 4.69) is 31.1 Å². The van der Waals surface area contributed by atoms with Crippen molar-refractivity contribution >= 4 is 38.4 Å². The molecule has 0 fully saturated rings. The van der Waals surface area contributed by atoms with E-state index in [1.165, 1.54) is 18.0 Å². The Morgan fingerprint density at radius 3 is 2.55 bits per heavy atom. The number of pyridine rings is 1. The van der Waals surface area contributed by atoms with Gasteiger partial charge >= 0.3 is 0 Å². The van der Waals surface area contributed by atoms with E-state index < -0.39 is 5.91 Å². The van der Waals surface area contributed by atoms with E-state index in [-0.39, 0.29) is 11.6 Å². The topological polar surface area (TPSA) is 79.8 Å². The highest BCUT2D eigenvalue weighted by atomic mass is 79.9. The number of carbonyl (C=O) groups is 1. The summed E-state index contributed by atoms with van der Waals surface area (Å²) in [5.41, 5.74) is 3.66. The molecule has 0 saturated carbocycles. The van der Waals surface area contributed by atoms with Crippen molar-refractivity contribution in [3.8, 4) is 5.88 Å². The van der Waals surface area contributed by atoms with E-state index in [0.29, 0.717) is 17.5 Å². The lowest BCUT2D eigenvalue weighted by atomic mass is 10.1. The summed E-state index contributed by atoms with van der Waals surface area (Å²) in [6.07, 6.45) is 3.04. The molecule has 0 unspecified atom stereocenters. The van der Waals surface area contributed by atoms with Gasteiger partial charge in [-0.3, -0.25) is 9.78 Å². The average Bonchev–Trinajstić information content (AvgIpc) is 2.99. The minimum Gasteiger partial charge on any atom is -0.493 e. The third-order valence-electron chi connectivity index (χ3n) is 4.60. The number of rotatable bonds is 4. The van der Waals surface area contributed by atoms with Gasteiger partial charge in [-0.1, -0.05) is 45.8 Å². The molecule has 0 aliphatic heterocycles. The number of fused-ring (bicyclic) bond motifs is 1. The number of aryl methyl sites for hydroxylation is 1. The number of carbonyl (C=O) groups excluding carboxylic acids is 1. The van der Waals surface area contributed by atoms with Gasteiger partial charge in [0.05, 0.1) is 12.1 Å². The fourth-order valence-corrected chi connectivity index (χ4v) is 3.44. The first-order chi connectivity index (χ1) is 14.0. The van der Waals surface area contributed by atoms with Crippen LogP contribution in [0.5, 0.6) is 5.88 Å². The van der Waals surface area contributed by atoms with Crippen molar-refractivity contribution in [2.45, 2.75) is 13.5 Å². The van der Waals surface area contributed by atoms with Gasteiger partial charge in [0.1, 0.15) is 0 Å². The van der Waals surface area contributed by atoms with Crippen LogP contribution in [0.3, 0.4) is 0 Å². The Morgan fingerprint density at radius 1 is 1.10 bits per heavy atom. The minimum absolute atomic E-state index is 0.0371. The molecular formula is C22H17BrN4O2. The Kier molecular flexibility index (Phi) is 5.22. The van der Waals surface area contributed by atoms with Crippen molar-refractivity contribution in [1.29, 1.82) is 0 Å². The molecular weight excluding hydrogens is 432 g/mol. The maximum absolute atomic E-state index is 12.3. The fraction of sp³-hybridized carbons (Fsp3) is 0.0909. The molecule has 0 aliphatic carbocycles. The summed E-state index contributed by atoms with van der Waals surface area (Å²) in [4.78, 5) is 16.2. The Balaban J connectivity index is 1.76. The molecule has 1 amide bonds. The van der Waals surface area contributed by atoms with Crippen LogP contribution in [0.15, 0.2) is 81.7 Å². The number of hydrogen-bond donors (Lipinski definition) is 1. The van der Waals surface area contributed by atoms with E-state index in [9.17, 15) is 9.90 Å². The summed E-state index contributed by atoms with van der Waals surface area (Å²) >= 11 is 3.45. The number of halogens is 1. The molecule has 0 aliphatic rings. The van der Waals surface area contributed by atoms with Crippen LogP contribution in [0.1, 0.15) is 21.5 Å². The predicted octanol–water partition coefficient (Wildman–Crippen LogP) is 5.79. The molecule has 0 bridgehead atoms. The highest BCUT2D eigenvalue weighted by Crippen LogP contribution is 2.40. The summed E-state index contributed by atoms with van der Waals surface area (Å²) in [6.45, 7) is 2.50. The van der Waals surface area contributed by atoms with Gasteiger partial charge < -0.3 is 9.67 Å². The Morgan fingerprint density at radius 2 is 1.83 bits per heavy atom. The first-order valence-electron chi connectivity index (χ1n) is 8.95. The van der Waals surface area contributed by atoms with Gasteiger partial charge in [-0.15, -0.1) is 10.2 Å². The Hall–Kier alpha value is -3.32. The second-order valence-electron chi connectivity index (χ2n) is 6.65. The van der Waals surface area contributed by atoms with Crippen LogP contribution in [0, 0.1) is 6.92 Å². The highest BCUT2D eigenvalue weighted by molar-refractivity contribution is 9.10. The second kappa shape index (κ2) is 7.97. The lowest BCUT2D eigenvalue weighted by Gasteiger charge is -2.07. The fourth-order valence-electron chi connectivity index (χ4n) is 3.08. The van der Waals surface area contributed by atoms with E-state index >= 15 is 0 Å². The number of benzene rings is 2. The smallest absolute Gasteiger partial charge is 0.295 e. The van der Waals surface area contributed by atoms with Crippen LogP contribution < -0.4 is 0 Å². The van der Waals surface area contributed by atoms with Crippen molar-refractivity contribution in [2.24, 2.45) is 10.2 Å². The summed E-state index contributed by atoms with van der Waals surface area (Å²) in [5.74, 6) is -0.536. The predicted molar refractivity (Wildman–Crippen MR) is 115 cm³/mol. The van der Waals surface area contributed by atoms with Crippen molar-refractivity contribution in [3.05, 3.63) is 88.2 Å². The number of hydrogen-bond acceptors (Lipinski definition) is 4. The number of nitrogens with zero attached hydrogens (tertiary/aromatic N) is 4. The van der Waals surface area contributed by atoms with Crippen LogP contribution in [0.2, 0.25) is 0 Å². The molecule has 1 N–H and O–H groups in total. The SMILES string of the molecule is Cc1ccc(Cn2c(O)c(N=NC(=O)c3ccncc3)c3cc(Br)ccc32)cc1. The van der Waals surface area contributed by atoms with Gasteiger partial charge in [0.25, 0.3) is 5.91 Å². The van der Waals surface area contributed by atoms with E-state index in [0.717, 1.165) is 15.6 Å². The van der Waals surface area contributed by atoms with Gasteiger partial charge in [-0.2, -0.15) is 0 Å². The third-order valence-corrected chi connectivity index (χ3v) is 5.09. The molecule has 7 heteroatoms. The maximum Gasteiger partial charge on any atom is 0.295 e. The van der Waals surface area contributed by atoms with E-state index in [4.69, 9.17) is 0 Å². The van der Waals surface area contributed by atoms with Gasteiger partial charge in [0, 0.05) is 27.8 Å². The van der Waals surface area contributed by atoms with Crippen LogP contribution >= 0.6 is 15.9 Å². The number of amides is 1. The zero-order chi connectivity index (χ0) is 20.4. The Labute approximate surface area is 175 Å². The summed E-state index contributed by atoms with van der Waals surface area (Å²) in [7, 11) is 0. The number of azo groups is 1. The molecule has 0 radical (unpaired) electrons. The molecule has 4 aromatic rings. The summed E-state index contributed by atoms with van der Waals surface area (Å²) < 4.78 is 2.60. The molecule has 144 valence electrons. The zero-order valence-corrected chi connectivity index (χ0v) is 17.2. The molecule has 0 saturated heterocycles. The standard InChI is InChI=1S/C22H17BrN4O2/c1-14-2-4-15(5-3-14)13-27-19-7-6-17(23)12-18(19)20(22(27)29)25-26-21(28)16-8-10-24-11-9-16/h2-12,29H,13H2,1H3. The van der Waals surface area contributed by atoms with Crippen molar-refractivity contribution in [3.63, 3.8) is 0 Å². The summed E-state index contributed by atoms with van der Waals surface area (Å²) in [6, 6.07) is 16.9. The first-order valence-corrected chi connectivity index (χ1v) is 9.74. The normalized spacial score (nSPS) is 11.4. The van der Waals surface area contributed by atoms with Crippen LogP contribution in [-0.4, -0.2) is 20.6 Å². The molecule has 6 nitrogen and oxygen atoms in total. The highest BCUT2D eigenvalue weighted by Gasteiger charge is 2.18. The zero-order valence-electron chi connectivity index (χ0n) is 15.6. The second-order valence-corrected chi connectivity index (χ2v) is 7.56. The van der Waals surface area contributed by atoms with Gasteiger partial charge in [-0.05, 0) is 42.8 Å². The molecule has 2 aromatic carbocycles. The minimum atomic E-state index is -0.499. The number of aromatic hydroxyl groups is 1. The van der Waals surface area contributed by atoms with Crippen LogP contribution in [0.4, 0.5) is 5.69 Å². The molecule has 2 aromatic heterocycles. The largest absolute Gasteiger partial charge is 0.493 e. The lowest BCUT2D eigenvalue weighted by Crippen LogP contribution is -1.98.